The van der Waals surface area contributed by atoms with Crippen molar-refractivity contribution in [3.63, 3.8) is 0 Å². The fourth-order valence-electron chi connectivity index (χ4n) is 2.70. The molecule has 3 nitrogen and oxygen atoms in total. The number of carbonyl (C=O) groups is 1. The smallest absolute Gasteiger partial charge is 0.247 e. The van der Waals surface area contributed by atoms with Crippen LogP contribution in [-0.2, 0) is 4.79 Å². The minimum Gasteiger partial charge on any atom is -0.394 e. The molecule has 2 atom stereocenters. The van der Waals surface area contributed by atoms with E-state index in [4.69, 9.17) is 0 Å². The summed E-state index contributed by atoms with van der Waals surface area (Å²) in [6, 6.07) is 0. The lowest BCUT2D eigenvalue weighted by Gasteiger charge is -2.39. The maximum absolute atomic E-state index is 12.0. The highest BCUT2D eigenvalue weighted by molar-refractivity contribution is 5.93. The number of rotatable bonds is 4. The van der Waals surface area contributed by atoms with E-state index in [1.165, 1.54) is 6.42 Å². The summed E-state index contributed by atoms with van der Waals surface area (Å²) in [4.78, 5) is 12.0. The van der Waals surface area contributed by atoms with Crippen molar-refractivity contribution in [1.82, 2.24) is 5.32 Å². The first kappa shape index (κ1) is 14.2. The summed E-state index contributed by atoms with van der Waals surface area (Å²) in [5.41, 5.74) is 0.357. The lowest BCUT2D eigenvalue weighted by atomic mass is 9.76. The summed E-state index contributed by atoms with van der Waals surface area (Å²) in [5, 5.41) is 12.6. The molecule has 0 spiro atoms. The lowest BCUT2D eigenvalue weighted by Crippen LogP contribution is -2.54. The van der Waals surface area contributed by atoms with Crippen LogP contribution in [-0.4, -0.2) is 23.2 Å². The Labute approximate surface area is 104 Å². The SMILES string of the molecule is CCC=C(C)C(=O)NC1(CO)CCCC(C)C1. The molecule has 0 radical (unpaired) electrons. The van der Waals surface area contributed by atoms with Gasteiger partial charge in [0.2, 0.25) is 5.91 Å². The van der Waals surface area contributed by atoms with Crippen LogP contribution < -0.4 is 5.32 Å². The zero-order valence-corrected chi connectivity index (χ0v) is 11.3. The predicted octanol–water partition coefficient (Wildman–Crippen LogP) is 2.40. The van der Waals surface area contributed by atoms with E-state index >= 15 is 0 Å². The van der Waals surface area contributed by atoms with Gasteiger partial charge >= 0.3 is 0 Å². The van der Waals surface area contributed by atoms with Crippen molar-refractivity contribution in [3.8, 4) is 0 Å². The molecular formula is C14H25NO2. The van der Waals surface area contributed by atoms with Gasteiger partial charge in [0.05, 0.1) is 12.1 Å². The van der Waals surface area contributed by atoms with Gasteiger partial charge in [0, 0.05) is 5.57 Å². The number of hydrogen-bond acceptors (Lipinski definition) is 2. The summed E-state index contributed by atoms with van der Waals surface area (Å²) < 4.78 is 0. The van der Waals surface area contributed by atoms with Gasteiger partial charge in [0.15, 0.2) is 0 Å². The molecular weight excluding hydrogens is 214 g/mol. The average Bonchev–Trinajstić information content (AvgIpc) is 2.29. The van der Waals surface area contributed by atoms with E-state index in [1.807, 2.05) is 19.9 Å². The molecule has 2 unspecified atom stereocenters. The summed E-state index contributed by atoms with van der Waals surface area (Å²) in [6.07, 6.45) is 6.84. The van der Waals surface area contributed by atoms with Gasteiger partial charge in [-0.25, -0.2) is 0 Å². The maximum atomic E-state index is 12.0. The first-order valence-electron chi connectivity index (χ1n) is 6.63. The van der Waals surface area contributed by atoms with Gasteiger partial charge in [-0.15, -0.1) is 0 Å². The van der Waals surface area contributed by atoms with Gasteiger partial charge in [-0.1, -0.05) is 32.8 Å². The van der Waals surface area contributed by atoms with E-state index in [2.05, 4.69) is 12.2 Å². The number of allylic oxidation sites excluding steroid dienone is 1. The van der Waals surface area contributed by atoms with E-state index in [-0.39, 0.29) is 12.5 Å². The highest BCUT2D eigenvalue weighted by atomic mass is 16.3. The van der Waals surface area contributed by atoms with Crippen LogP contribution in [0.3, 0.4) is 0 Å². The molecule has 3 heteroatoms. The van der Waals surface area contributed by atoms with Gasteiger partial charge in [-0.05, 0) is 32.1 Å². The molecule has 0 heterocycles. The van der Waals surface area contributed by atoms with Crippen molar-refractivity contribution < 1.29 is 9.90 Å². The van der Waals surface area contributed by atoms with Crippen molar-refractivity contribution >= 4 is 5.91 Å². The van der Waals surface area contributed by atoms with Gasteiger partial charge in [-0.2, -0.15) is 0 Å². The van der Waals surface area contributed by atoms with Gasteiger partial charge in [0.25, 0.3) is 0 Å². The van der Waals surface area contributed by atoms with E-state index in [9.17, 15) is 9.90 Å². The molecule has 0 aromatic heterocycles. The Kier molecular flexibility index (Phi) is 5.19. The lowest BCUT2D eigenvalue weighted by molar-refractivity contribution is -0.120. The zero-order valence-electron chi connectivity index (χ0n) is 11.3. The fraction of sp³-hybridized carbons (Fsp3) is 0.786. The number of aliphatic hydroxyl groups is 1. The fourth-order valence-corrected chi connectivity index (χ4v) is 2.70. The largest absolute Gasteiger partial charge is 0.394 e. The molecule has 0 aromatic rings. The topological polar surface area (TPSA) is 49.3 Å². The Morgan fingerprint density at radius 1 is 1.59 bits per heavy atom. The number of amides is 1. The second kappa shape index (κ2) is 6.20. The monoisotopic (exact) mass is 239 g/mol. The van der Waals surface area contributed by atoms with E-state index in [0.717, 1.165) is 31.3 Å². The molecule has 1 aliphatic rings. The van der Waals surface area contributed by atoms with Crippen LogP contribution in [0.25, 0.3) is 0 Å². The van der Waals surface area contributed by atoms with E-state index in [1.54, 1.807) is 0 Å². The van der Waals surface area contributed by atoms with E-state index < -0.39 is 5.54 Å². The highest BCUT2D eigenvalue weighted by Crippen LogP contribution is 2.32. The Hall–Kier alpha value is -0.830. The third kappa shape index (κ3) is 3.84. The predicted molar refractivity (Wildman–Crippen MR) is 69.6 cm³/mol. The number of aliphatic hydroxyl groups excluding tert-OH is 1. The molecule has 1 aliphatic carbocycles. The van der Waals surface area contributed by atoms with Gasteiger partial charge < -0.3 is 10.4 Å². The standard InChI is InChI=1S/C14H25NO2/c1-4-6-12(3)13(17)15-14(10-16)8-5-7-11(2)9-14/h6,11,16H,4-5,7-10H2,1-3H3,(H,15,17). The maximum Gasteiger partial charge on any atom is 0.247 e. The molecule has 2 N–H and O–H groups in total. The van der Waals surface area contributed by atoms with Crippen molar-refractivity contribution in [2.75, 3.05) is 6.61 Å². The third-order valence-corrected chi connectivity index (χ3v) is 3.64. The molecule has 0 saturated heterocycles. The van der Waals surface area contributed by atoms with Crippen LogP contribution in [0.1, 0.15) is 52.9 Å². The third-order valence-electron chi connectivity index (χ3n) is 3.64. The Morgan fingerprint density at radius 2 is 2.29 bits per heavy atom. The van der Waals surface area contributed by atoms with Gasteiger partial charge in [-0.3, -0.25) is 4.79 Å². The number of carbonyl (C=O) groups excluding carboxylic acids is 1. The van der Waals surface area contributed by atoms with Crippen LogP contribution in [0.15, 0.2) is 11.6 Å². The van der Waals surface area contributed by atoms with Crippen LogP contribution in [0.4, 0.5) is 0 Å². The molecule has 0 aliphatic heterocycles. The number of hydrogen-bond donors (Lipinski definition) is 2. The van der Waals surface area contributed by atoms with Crippen LogP contribution in [0, 0.1) is 5.92 Å². The van der Waals surface area contributed by atoms with Crippen molar-refractivity contribution in [2.24, 2.45) is 5.92 Å². The minimum atomic E-state index is -0.391. The normalized spacial score (nSPS) is 30.1. The Balaban J connectivity index is 2.68. The molecule has 98 valence electrons. The van der Waals surface area contributed by atoms with Crippen LogP contribution in [0.5, 0.6) is 0 Å². The molecule has 1 saturated carbocycles. The summed E-state index contributed by atoms with van der Waals surface area (Å²) in [5.74, 6) is 0.543. The summed E-state index contributed by atoms with van der Waals surface area (Å²) in [7, 11) is 0. The summed E-state index contributed by atoms with van der Waals surface area (Å²) in [6.45, 7) is 6.07. The second-order valence-corrected chi connectivity index (χ2v) is 5.39. The average molecular weight is 239 g/mol. The van der Waals surface area contributed by atoms with Gasteiger partial charge in [0.1, 0.15) is 0 Å². The molecule has 1 amide bonds. The van der Waals surface area contributed by atoms with E-state index in [0.29, 0.717) is 5.92 Å². The van der Waals surface area contributed by atoms with Crippen molar-refractivity contribution in [1.29, 1.82) is 0 Å². The molecule has 0 aromatic carbocycles. The second-order valence-electron chi connectivity index (χ2n) is 5.39. The molecule has 17 heavy (non-hydrogen) atoms. The number of nitrogens with one attached hydrogen (secondary N) is 1. The molecule has 1 fully saturated rings. The van der Waals surface area contributed by atoms with Crippen LogP contribution in [0.2, 0.25) is 0 Å². The van der Waals surface area contributed by atoms with Crippen molar-refractivity contribution in [2.45, 2.75) is 58.4 Å². The molecule has 1 rings (SSSR count). The first-order valence-corrected chi connectivity index (χ1v) is 6.63. The Bertz CT molecular complexity index is 299. The minimum absolute atomic E-state index is 0.0324. The first-order chi connectivity index (χ1) is 8.03. The zero-order chi connectivity index (χ0) is 12.9. The summed E-state index contributed by atoms with van der Waals surface area (Å²) >= 11 is 0. The Morgan fingerprint density at radius 3 is 2.82 bits per heavy atom. The molecule has 0 bridgehead atoms. The highest BCUT2D eigenvalue weighted by Gasteiger charge is 2.35. The van der Waals surface area contributed by atoms with Crippen molar-refractivity contribution in [3.05, 3.63) is 11.6 Å². The quantitative estimate of drug-likeness (QED) is 0.740. The van der Waals surface area contributed by atoms with Crippen LogP contribution >= 0.6 is 0 Å².